The molecular weight excluding hydrogens is 321 g/mol. The van der Waals surface area contributed by atoms with Crippen LogP contribution in [0.3, 0.4) is 0 Å². The van der Waals surface area contributed by atoms with Crippen LogP contribution in [-0.2, 0) is 17.3 Å². The fraction of sp³-hybridized carbons (Fsp3) is 0.333. The second-order valence-corrected chi connectivity index (χ2v) is 7.46. The molecule has 0 heterocycles. The molecule has 0 aliphatic heterocycles. The highest BCUT2D eigenvalue weighted by Crippen LogP contribution is 2.38. The van der Waals surface area contributed by atoms with Gasteiger partial charge in [0, 0.05) is 10.6 Å². The molecule has 0 amide bonds. The van der Waals surface area contributed by atoms with Crippen LogP contribution in [0.5, 0.6) is 5.75 Å². The lowest BCUT2D eigenvalue weighted by Crippen LogP contribution is -2.10. The molecule has 5 heteroatoms. The summed E-state index contributed by atoms with van der Waals surface area (Å²) >= 11 is 1.39. The van der Waals surface area contributed by atoms with Crippen LogP contribution in [0.15, 0.2) is 47.4 Å². The van der Waals surface area contributed by atoms with E-state index in [1.807, 2.05) is 12.1 Å². The van der Waals surface area contributed by atoms with Crippen LogP contribution < -0.4 is 0 Å². The van der Waals surface area contributed by atoms with Gasteiger partial charge < -0.3 is 5.11 Å². The Hall–Kier alpha value is -1.62. The fourth-order valence-electron chi connectivity index (χ4n) is 2.11. The normalized spacial score (nSPS) is 12.4. The van der Waals surface area contributed by atoms with E-state index in [0.29, 0.717) is 10.6 Å². The van der Waals surface area contributed by atoms with Crippen molar-refractivity contribution in [2.45, 2.75) is 43.0 Å². The van der Waals surface area contributed by atoms with E-state index in [-0.39, 0.29) is 5.41 Å². The lowest BCUT2D eigenvalue weighted by Gasteiger charge is -2.19. The van der Waals surface area contributed by atoms with Gasteiger partial charge in [-0.2, -0.15) is 13.2 Å². The third-order valence-electron chi connectivity index (χ3n) is 3.50. The van der Waals surface area contributed by atoms with Crippen LogP contribution in [0.25, 0.3) is 0 Å². The van der Waals surface area contributed by atoms with E-state index in [9.17, 15) is 18.3 Å². The zero-order valence-electron chi connectivity index (χ0n) is 13.2. The van der Waals surface area contributed by atoms with E-state index in [0.717, 1.165) is 17.7 Å². The van der Waals surface area contributed by atoms with Crippen LogP contribution in [0.2, 0.25) is 0 Å². The van der Waals surface area contributed by atoms with Crippen molar-refractivity contribution in [3.05, 3.63) is 59.2 Å². The maximum atomic E-state index is 12.6. The van der Waals surface area contributed by atoms with Gasteiger partial charge in [-0.3, -0.25) is 0 Å². The molecule has 0 saturated heterocycles. The monoisotopic (exact) mass is 340 g/mol. The van der Waals surface area contributed by atoms with Gasteiger partial charge in [0.25, 0.3) is 0 Å². The molecule has 0 bridgehead atoms. The lowest BCUT2D eigenvalue weighted by atomic mass is 9.87. The molecule has 2 aromatic carbocycles. The Morgan fingerprint density at radius 3 is 2.04 bits per heavy atom. The maximum absolute atomic E-state index is 12.6. The Labute approximate surface area is 138 Å². The summed E-state index contributed by atoms with van der Waals surface area (Å²) < 4.78 is 37.8. The Morgan fingerprint density at radius 1 is 0.957 bits per heavy atom. The predicted molar refractivity (Wildman–Crippen MR) is 87.8 cm³/mol. The number of hydrogen-bond donors (Lipinski definition) is 1. The molecule has 0 atom stereocenters. The molecule has 2 rings (SSSR count). The van der Waals surface area contributed by atoms with Crippen molar-refractivity contribution < 1.29 is 18.3 Å². The quantitative estimate of drug-likeness (QED) is 0.691. The number of halogens is 3. The van der Waals surface area contributed by atoms with Crippen LogP contribution in [-0.4, -0.2) is 5.11 Å². The minimum atomic E-state index is -4.53. The molecule has 2 aromatic rings. The summed E-state index contributed by atoms with van der Waals surface area (Å²) in [6, 6.07) is 11.7. The van der Waals surface area contributed by atoms with Gasteiger partial charge in [0.2, 0.25) is 0 Å². The fourth-order valence-corrected chi connectivity index (χ4v) is 2.99. The summed E-state index contributed by atoms with van der Waals surface area (Å²) in [6.45, 7) is 6.42. The van der Waals surface area contributed by atoms with Crippen molar-refractivity contribution in [2.75, 3.05) is 0 Å². The second-order valence-electron chi connectivity index (χ2n) is 6.41. The van der Waals surface area contributed by atoms with Crippen molar-refractivity contribution in [1.82, 2.24) is 0 Å². The van der Waals surface area contributed by atoms with Gasteiger partial charge in [0.1, 0.15) is 5.75 Å². The molecule has 0 radical (unpaired) electrons. The Kier molecular flexibility index (Phi) is 4.99. The first-order chi connectivity index (χ1) is 10.6. The Balaban J connectivity index is 2.05. The molecule has 0 spiro atoms. The van der Waals surface area contributed by atoms with E-state index in [1.54, 1.807) is 0 Å². The van der Waals surface area contributed by atoms with Gasteiger partial charge >= 0.3 is 6.18 Å². The van der Waals surface area contributed by atoms with E-state index in [2.05, 4.69) is 32.9 Å². The first-order valence-electron chi connectivity index (χ1n) is 7.20. The lowest BCUT2D eigenvalue weighted by molar-refractivity contribution is -0.138. The molecule has 23 heavy (non-hydrogen) atoms. The third-order valence-corrected chi connectivity index (χ3v) is 4.56. The minimum absolute atomic E-state index is 0.0882. The van der Waals surface area contributed by atoms with Crippen LogP contribution >= 0.6 is 11.8 Å². The summed E-state index contributed by atoms with van der Waals surface area (Å²) in [6.07, 6.45) is -4.53. The molecule has 1 nitrogen and oxygen atoms in total. The standard InChI is InChI=1S/C18H19F3OS/c1-17(2,3)13-6-4-12(5-7-13)11-23-14-8-9-15(16(22)10-14)18(19,20)21/h4-10,22H,11H2,1-3H3. The average molecular weight is 340 g/mol. The molecule has 0 saturated carbocycles. The Morgan fingerprint density at radius 2 is 1.57 bits per heavy atom. The summed E-state index contributed by atoms with van der Waals surface area (Å²) in [4.78, 5) is 0.607. The molecule has 0 aromatic heterocycles. The van der Waals surface area contributed by atoms with E-state index >= 15 is 0 Å². The SMILES string of the molecule is CC(C)(C)c1ccc(CSc2ccc(C(F)(F)F)c(O)c2)cc1. The maximum Gasteiger partial charge on any atom is 0.419 e. The number of aromatic hydroxyl groups is 1. The van der Waals surface area contributed by atoms with Gasteiger partial charge in [0.05, 0.1) is 5.56 Å². The van der Waals surface area contributed by atoms with Gasteiger partial charge in [-0.15, -0.1) is 11.8 Å². The first kappa shape index (κ1) is 17.7. The molecule has 0 unspecified atom stereocenters. The topological polar surface area (TPSA) is 20.2 Å². The highest BCUT2D eigenvalue weighted by Gasteiger charge is 2.33. The number of rotatable bonds is 3. The molecule has 0 aliphatic rings. The van der Waals surface area contributed by atoms with Crippen molar-refractivity contribution in [1.29, 1.82) is 0 Å². The van der Waals surface area contributed by atoms with Crippen molar-refractivity contribution in [3.63, 3.8) is 0 Å². The molecule has 0 aliphatic carbocycles. The zero-order valence-corrected chi connectivity index (χ0v) is 14.1. The zero-order chi connectivity index (χ0) is 17.3. The number of hydrogen-bond acceptors (Lipinski definition) is 2. The average Bonchev–Trinajstić information content (AvgIpc) is 2.43. The van der Waals surface area contributed by atoms with Crippen molar-refractivity contribution in [2.24, 2.45) is 0 Å². The second kappa shape index (κ2) is 6.48. The summed E-state index contributed by atoms with van der Waals surface area (Å²) in [5, 5.41) is 9.52. The number of thioether (sulfide) groups is 1. The molecule has 0 fully saturated rings. The van der Waals surface area contributed by atoms with Crippen LogP contribution in [0, 0.1) is 0 Å². The van der Waals surface area contributed by atoms with Gasteiger partial charge in [-0.25, -0.2) is 0 Å². The van der Waals surface area contributed by atoms with Crippen molar-refractivity contribution in [3.8, 4) is 5.75 Å². The van der Waals surface area contributed by atoms with Gasteiger partial charge in [0.15, 0.2) is 0 Å². The molecule has 124 valence electrons. The van der Waals surface area contributed by atoms with Gasteiger partial charge in [-0.1, -0.05) is 45.0 Å². The summed E-state index contributed by atoms with van der Waals surface area (Å²) in [5.74, 6) is -0.0968. The van der Waals surface area contributed by atoms with Gasteiger partial charge in [-0.05, 0) is 34.7 Å². The largest absolute Gasteiger partial charge is 0.507 e. The highest BCUT2D eigenvalue weighted by molar-refractivity contribution is 7.98. The Bertz CT molecular complexity index is 670. The van der Waals surface area contributed by atoms with E-state index in [1.165, 1.54) is 23.4 Å². The predicted octanol–water partition coefficient (Wildman–Crippen LogP) is 6.00. The number of alkyl halides is 3. The smallest absolute Gasteiger partial charge is 0.419 e. The first-order valence-corrected chi connectivity index (χ1v) is 8.18. The molecular formula is C18H19F3OS. The summed E-state index contributed by atoms with van der Waals surface area (Å²) in [7, 11) is 0. The summed E-state index contributed by atoms with van der Waals surface area (Å²) in [5.41, 5.74) is 1.41. The van der Waals surface area contributed by atoms with E-state index < -0.39 is 17.5 Å². The number of benzene rings is 2. The molecule has 1 N–H and O–H groups in total. The minimum Gasteiger partial charge on any atom is -0.507 e. The third kappa shape index (κ3) is 4.67. The van der Waals surface area contributed by atoms with Crippen LogP contribution in [0.4, 0.5) is 13.2 Å². The highest BCUT2D eigenvalue weighted by atomic mass is 32.2. The number of phenolic OH excluding ortho intramolecular Hbond substituents is 1. The van der Waals surface area contributed by atoms with Crippen LogP contribution in [0.1, 0.15) is 37.5 Å². The number of phenols is 1. The van der Waals surface area contributed by atoms with E-state index in [4.69, 9.17) is 0 Å². The van der Waals surface area contributed by atoms with Crippen molar-refractivity contribution >= 4 is 11.8 Å².